The van der Waals surface area contributed by atoms with E-state index in [2.05, 4.69) is 46.5 Å². The number of aliphatic carboxylic acids is 2. The Balaban J connectivity index is 1.51. The van der Waals surface area contributed by atoms with Gasteiger partial charge in [0.2, 0.25) is 11.8 Å². The number of carboxylic acid groups (broad SMARTS) is 2. The summed E-state index contributed by atoms with van der Waals surface area (Å²) >= 11 is 0. The second kappa shape index (κ2) is 12.2. The first-order chi connectivity index (χ1) is 20.9. The normalized spacial score (nSPS) is 25.3. The van der Waals surface area contributed by atoms with E-state index in [-0.39, 0.29) is 36.6 Å². The minimum atomic E-state index is -0.877. The smallest absolute Gasteiger partial charge is 0.303 e. The van der Waals surface area contributed by atoms with Crippen LogP contribution in [-0.4, -0.2) is 49.9 Å². The summed E-state index contributed by atoms with van der Waals surface area (Å²) in [5.74, 6) is -2.45. The number of carbonyl (C=O) groups is 3. The molecule has 44 heavy (non-hydrogen) atoms. The van der Waals surface area contributed by atoms with Gasteiger partial charge in [-0.3, -0.25) is 24.5 Å². The fourth-order valence-corrected chi connectivity index (χ4v) is 6.95. The van der Waals surface area contributed by atoms with Crippen molar-refractivity contribution in [1.82, 2.24) is 26.1 Å². The van der Waals surface area contributed by atoms with Gasteiger partial charge in [-0.2, -0.15) is 0 Å². The Labute approximate surface area is 257 Å². The minimum absolute atomic E-state index is 0.00348. The molecule has 0 saturated carbocycles. The third kappa shape index (κ3) is 5.91. The molecule has 1 spiro atoms. The Hall–Kier alpha value is -3.93. The first-order valence-electron chi connectivity index (χ1n) is 15.3. The molecular weight excluding hydrogens is 562 g/mol. The lowest BCUT2D eigenvalue weighted by atomic mass is 9.92. The lowest BCUT2D eigenvalue weighted by Gasteiger charge is -2.13. The molecule has 4 atom stereocenters. The van der Waals surface area contributed by atoms with Gasteiger partial charge in [0.05, 0.1) is 0 Å². The van der Waals surface area contributed by atoms with Crippen LogP contribution in [0.5, 0.6) is 0 Å². The van der Waals surface area contributed by atoms with Crippen LogP contribution in [0.2, 0.25) is 0 Å². The summed E-state index contributed by atoms with van der Waals surface area (Å²) in [5, 5.41) is 25.5. The van der Waals surface area contributed by atoms with Gasteiger partial charge in [-0.05, 0) is 73.9 Å². The number of aromatic amines is 2. The van der Waals surface area contributed by atoms with Crippen molar-refractivity contribution in [3.8, 4) is 0 Å². The van der Waals surface area contributed by atoms with Crippen molar-refractivity contribution >= 4 is 23.9 Å². The number of H-pyrrole nitrogens is 2. The number of hydrogen-bond donors (Lipinski definition) is 7. The average Bonchev–Trinajstić information content (AvgIpc) is 3.38. The molecule has 236 valence electrons. The van der Waals surface area contributed by atoms with Gasteiger partial charge in [0.25, 0.3) is 0 Å². The fraction of sp³-hybridized carbons (Fsp3) is 0.485. The van der Waals surface area contributed by atoms with E-state index in [1.165, 1.54) is 0 Å². The molecule has 5 heterocycles. The van der Waals surface area contributed by atoms with E-state index in [0.29, 0.717) is 25.7 Å². The molecule has 11 heteroatoms. The first-order valence-corrected chi connectivity index (χ1v) is 15.3. The SMILES string of the molecule is C=CC1=C(C)[C@@H](Cc2[nH]c(Cc3[nH]c(/C=C4\NC(=O)[C@H](C)[C@H]4CC)c(C)c3CCC(=O)O)c(CCC(=O)O)c2C)N[C@@]12NO2. The number of aromatic nitrogens is 2. The number of hydrogen-bond acceptors (Lipinski definition) is 6. The molecule has 5 rings (SSSR count). The van der Waals surface area contributed by atoms with Gasteiger partial charge < -0.3 is 25.5 Å². The van der Waals surface area contributed by atoms with Crippen molar-refractivity contribution in [1.29, 1.82) is 0 Å². The van der Waals surface area contributed by atoms with E-state index in [1.807, 2.05) is 26.8 Å². The summed E-state index contributed by atoms with van der Waals surface area (Å²) in [7, 11) is 0. The third-order valence-electron chi connectivity index (χ3n) is 9.66. The summed E-state index contributed by atoms with van der Waals surface area (Å²) in [5.41, 5.74) is 13.4. The highest BCUT2D eigenvalue weighted by molar-refractivity contribution is 5.86. The molecule has 0 bridgehead atoms. The molecule has 0 aliphatic carbocycles. The summed E-state index contributed by atoms with van der Waals surface area (Å²) in [6.45, 7) is 14.0. The van der Waals surface area contributed by atoms with Crippen molar-refractivity contribution in [2.45, 2.75) is 91.5 Å². The van der Waals surface area contributed by atoms with Crippen LogP contribution in [0.1, 0.15) is 85.1 Å². The van der Waals surface area contributed by atoms with E-state index in [0.717, 1.165) is 68.3 Å². The third-order valence-corrected chi connectivity index (χ3v) is 9.66. The zero-order valence-electron chi connectivity index (χ0n) is 26.1. The van der Waals surface area contributed by atoms with Gasteiger partial charge in [0.15, 0.2) is 0 Å². The molecular formula is C33H43N5O6. The molecule has 3 aliphatic rings. The zero-order chi connectivity index (χ0) is 31.9. The number of rotatable bonds is 13. The molecule has 2 fully saturated rings. The van der Waals surface area contributed by atoms with Crippen molar-refractivity contribution < 1.29 is 29.4 Å². The molecule has 0 aromatic carbocycles. The predicted octanol–water partition coefficient (Wildman–Crippen LogP) is 3.92. The quantitative estimate of drug-likeness (QED) is 0.168. The lowest BCUT2D eigenvalue weighted by molar-refractivity contribution is -0.138. The molecule has 2 aromatic heterocycles. The number of carbonyl (C=O) groups excluding carboxylic acids is 1. The average molecular weight is 606 g/mol. The first kappa shape index (κ1) is 31.5. The largest absolute Gasteiger partial charge is 0.481 e. The molecule has 2 aromatic rings. The maximum Gasteiger partial charge on any atom is 0.303 e. The van der Waals surface area contributed by atoms with Crippen LogP contribution in [0.15, 0.2) is 29.5 Å². The fourth-order valence-electron chi connectivity index (χ4n) is 6.95. The van der Waals surface area contributed by atoms with Crippen LogP contribution in [0.4, 0.5) is 0 Å². The summed E-state index contributed by atoms with van der Waals surface area (Å²) in [6, 6.07) is -0.0110. The Bertz CT molecular complexity index is 1570. The van der Waals surface area contributed by atoms with E-state index < -0.39 is 17.8 Å². The Morgan fingerprint density at radius 2 is 1.61 bits per heavy atom. The minimum Gasteiger partial charge on any atom is -0.481 e. The van der Waals surface area contributed by atoms with Crippen LogP contribution in [0.25, 0.3) is 6.08 Å². The predicted molar refractivity (Wildman–Crippen MR) is 165 cm³/mol. The monoisotopic (exact) mass is 605 g/mol. The van der Waals surface area contributed by atoms with Crippen molar-refractivity contribution in [3.05, 3.63) is 74.5 Å². The Kier molecular flexibility index (Phi) is 8.75. The van der Waals surface area contributed by atoms with Gasteiger partial charge in [0.1, 0.15) is 0 Å². The van der Waals surface area contributed by atoms with E-state index in [1.54, 1.807) is 6.08 Å². The number of nitrogens with one attached hydrogen (secondary N) is 5. The van der Waals surface area contributed by atoms with Crippen molar-refractivity contribution in [2.24, 2.45) is 11.8 Å². The zero-order valence-corrected chi connectivity index (χ0v) is 26.1. The van der Waals surface area contributed by atoms with E-state index in [4.69, 9.17) is 4.84 Å². The topological polar surface area (TPSA) is 182 Å². The highest BCUT2D eigenvalue weighted by Gasteiger charge is 2.54. The highest BCUT2D eigenvalue weighted by atomic mass is 16.8. The van der Waals surface area contributed by atoms with E-state index >= 15 is 0 Å². The number of carboxylic acids is 2. The second-order valence-corrected chi connectivity index (χ2v) is 12.3. The van der Waals surface area contributed by atoms with Gasteiger partial charge in [-0.25, -0.2) is 0 Å². The van der Waals surface area contributed by atoms with Crippen LogP contribution in [-0.2, 0) is 44.9 Å². The molecule has 0 unspecified atom stereocenters. The summed E-state index contributed by atoms with van der Waals surface area (Å²) in [4.78, 5) is 48.2. The van der Waals surface area contributed by atoms with Crippen LogP contribution in [0, 0.1) is 25.7 Å². The molecule has 0 radical (unpaired) electrons. The van der Waals surface area contributed by atoms with Crippen LogP contribution in [0.3, 0.4) is 0 Å². The number of amides is 1. The maximum atomic E-state index is 12.4. The van der Waals surface area contributed by atoms with Crippen LogP contribution < -0.4 is 16.1 Å². The van der Waals surface area contributed by atoms with Gasteiger partial charge >= 0.3 is 11.9 Å². The maximum absolute atomic E-state index is 12.4. The van der Waals surface area contributed by atoms with Crippen molar-refractivity contribution in [2.75, 3.05) is 0 Å². The summed E-state index contributed by atoms with van der Waals surface area (Å²) in [6.07, 6.45) is 6.40. The highest BCUT2D eigenvalue weighted by Crippen LogP contribution is 2.38. The standard InChI is InChI=1S/C33H43N5O6/c1-7-20-18(5)32(43)36-27(20)14-25-17(4)22(10-12-31(41)42)29(35-25)15-28-21(9-11-30(39)40)16(3)24(34-28)13-26-19(6)23(8-2)33(37-26)38-44-33/h8,14,18,20,26,34-35,37-38H,2,7,9-13,15H2,1,3-6H3,(H,36,43)(H,39,40)(H,41,42)/b27-14-/t18-,20-,26-,33-/m1/s1. The van der Waals surface area contributed by atoms with Gasteiger partial charge in [-0.1, -0.05) is 26.5 Å². The second-order valence-electron chi connectivity index (χ2n) is 12.3. The van der Waals surface area contributed by atoms with Gasteiger partial charge in [-0.15, -0.1) is 5.48 Å². The summed E-state index contributed by atoms with van der Waals surface area (Å²) < 4.78 is 0. The number of allylic oxidation sites excluding steroid dienone is 1. The Morgan fingerprint density at radius 1 is 1.00 bits per heavy atom. The van der Waals surface area contributed by atoms with Crippen molar-refractivity contribution in [3.63, 3.8) is 0 Å². The molecule has 3 aliphatic heterocycles. The molecule has 11 nitrogen and oxygen atoms in total. The van der Waals surface area contributed by atoms with Gasteiger partial charge in [0, 0.05) is 77.6 Å². The molecule has 1 amide bonds. The number of hydroxylamine groups is 1. The van der Waals surface area contributed by atoms with Crippen LogP contribution >= 0.6 is 0 Å². The Morgan fingerprint density at radius 3 is 2.16 bits per heavy atom. The molecule has 7 N–H and O–H groups in total. The molecule has 2 saturated heterocycles. The van der Waals surface area contributed by atoms with E-state index in [9.17, 15) is 24.6 Å². The lowest BCUT2D eigenvalue weighted by Crippen LogP contribution is -2.38.